The number of ether oxygens (including phenoxy) is 1. The molecule has 1 aliphatic rings. The maximum absolute atomic E-state index is 12.3. The van der Waals surface area contributed by atoms with Crippen molar-refractivity contribution in [3.63, 3.8) is 0 Å². The molecule has 1 aromatic rings. The van der Waals surface area contributed by atoms with Crippen molar-refractivity contribution in [3.05, 3.63) is 34.9 Å². The van der Waals surface area contributed by atoms with E-state index in [1.807, 2.05) is 6.07 Å². The number of nitrogens with zero attached hydrogens (tertiary/aromatic N) is 1. The van der Waals surface area contributed by atoms with Crippen molar-refractivity contribution in [2.75, 3.05) is 13.7 Å². The van der Waals surface area contributed by atoms with E-state index in [-0.39, 0.29) is 19.1 Å². The van der Waals surface area contributed by atoms with Gasteiger partial charge >= 0.3 is 6.03 Å². The topological polar surface area (TPSA) is 58.6 Å². The van der Waals surface area contributed by atoms with Crippen molar-refractivity contribution in [1.82, 2.24) is 10.2 Å². The standard InChI is InChI=1S/C13H15ClN2O3/c1-13(8-19-2)11(17)16(12(18)15-13)7-9-5-3-4-6-10(9)14/h3-6H,7-8H2,1-2H3,(H,15,18). The minimum Gasteiger partial charge on any atom is -0.382 e. The zero-order chi connectivity index (χ0) is 14.0. The predicted molar refractivity (Wildman–Crippen MR) is 70.8 cm³/mol. The molecule has 2 rings (SSSR count). The number of methoxy groups -OCH3 is 1. The highest BCUT2D eigenvalue weighted by Crippen LogP contribution is 2.23. The third kappa shape index (κ3) is 2.57. The van der Waals surface area contributed by atoms with Crippen molar-refractivity contribution in [1.29, 1.82) is 0 Å². The fourth-order valence-corrected chi connectivity index (χ4v) is 2.27. The van der Waals surface area contributed by atoms with E-state index in [0.717, 1.165) is 10.5 Å². The Morgan fingerprint density at radius 3 is 2.68 bits per heavy atom. The molecule has 0 bridgehead atoms. The fourth-order valence-electron chi connectivity index (χ4n) is 2.07. The molecular weight excluding hydrogens is 268 g/mol. The second-order valence-corrected chi connectivity index (χ2v) is 5.09. The molecule has 1 N–H and O–H groups in total. The van der Waals surface area contributed by atoms with Crippen LogP contribution in [0.3, 0.4) is 0 Å². The fraction of sp³-hybridized carbons (Fsp3) is 0.385. The number of amides is 3. The molecule has 0 aromatic heterocycles. The maximum Gasteiger partial charge on any atom is 0.325 e. The molecule has 0 saturated carbocycles. The van der Waals surface area contributed by atoms with Gasteiger partial charge in [-0.25, -0.2) is 4.79 Å². The average molecular weight is 283 g/mol. The molecule has 0 spiro atoms. The number of nitrogens with one attached hydrogen (secondary N) is 1. The van der Waals surface area contributed by atoms with E-state index in [2.05, 4.69) is 5.32 Å². The summed E-state index contributed by atoms with van der Waals surface area (Å²) in [4.78, 5) is 25.3. The maximum atomic E-state index is 12.3. The summed E-state index contributed by atoms with van der Waals surface area (Å²) in [5, 5.41) is 3.17. The van der Waals surface area contributed by atoms with Gasteiger partial charge in [-0.05, 0) is 18.6 Å². The van der Waals surface area contributed by atoms with Crippen LogP contribution in [-0.4, -0.2) is 36.1 Å². The molecule has 102 valence electrons. The van der Waals surface area contributed by atoms with E-state index in [1.165, 1.54) is 7.11 Å². The van der Waals surface area contributed by atoms with Crippen LogP contribution in [0.5, 0.6) is 0 Å². The third-order valence-corrected chi connectivity index (χ3v) is 3.43. The highest BCUT2D eigenvalue weighted by molar-refractivity contribution is 6.31. The van der Waals surface area contributed by atoms with Gasteiger partial charge in [-0.3, -0.25) is 9.69 Å². The summed E-state index contributed by atoms with van der Waals surface area (Å²) >= 11 is 6.04. The number of hydrogen-bond donors (Lipinski definition) is 1. The van der Waals surface area contributed by atoms with Gasteiger partial charge in [0.25, 0.3) is 5.91 Å². The van der Waals surface area contributed by atoms with Gasteiger partial charge in [0.1, 0.15) is 5.54 Å². The number of urea groups is 1. The number of benzene rings is 1. The summed E-state index contributed by atoms with van der Waals surface area (Å²) in [7, 11) is 1.49. The Labute approximate surface area is 116 Å². The van der Waals surface area contributed by atoms with E-state index in [1.54, 1.807) is 25.1 Å². The first kappa shape index (κ1) is 13.8. The first-order chi connectivity index (χ1) is 8.98. The van der Waals surface area contributed by atoms with Gasteiger partial charge in [0.15, 0.2) is 0 Å². The predicted octanol–water partition coefficient (Wildman–Crippen LogP) is 1.80. The minimum absolute atomic E-state index is 0.136. The number of imide groups is 1. The van der Waals surface area contributed by atoms with Crippen molar-refractivity contribution in [3.8, 4) is 0 Å². The second kappa shape index (κ2) is 5.19. The number of rotatable bonds is 4. The lowest BCUT2D eigenvalue weighted by atomic mass is 10.0. The summed E-state index contributed by atoms with van der Waals surface area (Å²) in [6, 6.07) is 6.70. The molecule has 1 fully saturated rings. The SMILES string of the molecule is COCC1(C)NC(=O)N(Cc2ccccc2Cl)C1=O. The molecule has 3 amide bonds. The van der Waals surface area contributed by atoms with Crippen LogP contribution in [-0.2, 0) is 16.1 Å². The first-order valence-corrected chi connectivity index (χ1v) is 6.22. The highest BCUT2D eigenvalue weighted by Gasteiger charge is 2.47. The van der Waals surface area contributed by atoms with Crippen LogP contribution < -0.4 is 5.32 Å². The molecule has 1 heterocycles. The van der Waals surface area contributed by atoms with Crippen molar-refractivity contribution in [2.45, 2.75) is 19.0 Å². The quantitative estimate of drug-likeness (QED) is 0.857. The Morgan fingerprint density at radius 2 is 2.05 bits per heavy atom. The highest BCUT2D eigenvalue weighted by atomic mass is 35.5. The van der Waals surface area contributed by atoms with Crippen LogP contribution in [0.25, 0.3) is 0 Å². The second-order valence-electron chi connectivity index (χ2n) is 4.68. The Hall–Kier alpha value is -1.59. The van der Waals surface area contributed by atoms with Crippen molar-refractivity contribution < 1.29 is 14.3 Å². The van der Waals surface area contributed by atoms with Crippen molar-refractivity contribution in [2.24, 2.45) is 0 Å². The average Bonchev–Trinajstić information content (AvgIpc) is 2.56. The molecule has 1 aromatic carbocycles. The summed E-state index contributed by atoms with van der Waals surface area (Å²) < 4.78 is 4.98. The van der Waals surface area contributed by atoms with E-state index in [4.69, 9.17) is 16.3 Å². The zero-order valence-corrected chi connectivity index (χ0v) is 11.5. The lowest BCUT2D eigenvalue weighted by molar-refractivity contribution is -0.132. The smallest absolute Gasteiger partial charge is 0.325 e. The summed E-state index contributed by atoms with van der Waals surface area (Å²) in [5.74, 6) is -0.306. The Bertz CT molecular complexity index is 520. The molecule has 1 unspecified atom stereocenters. The van der Waals surface area contributed by atoms with Gasteiger partial charge in [-0.15, -0.1) is 0 Å². The Kier molecular flexibility index (Phi) is 3.78. The van der Waals surface area contributed by atoms with Crippen LogP contribution in [0.15, 0.2) is 24.3 Å². The largest absolute Gasteiger partial charge is 0.382 e. The van der Waals surface area contributed by atoms with Crippen LogP contribution in [0.4, 0.5) is 4.79 Å². The van der Waals surface area contributed by atoms with Gasteiger partial charge < -0.3 is 10.1 Å². The number of hydrogen-bond acceptors (Lipinski definition) is 3. The van der Waals surface area contributed by atoms with Crippen LogP contribution in [0, 0.1) is 0 Å². The number of carbonyl (C=O) groups excluding carboxylic acids is 2. The van der Waals surface area contributed by atoms with Gasteiger partial charge in [0.2, 0.25) is 0 Å². The molecule has 1 aliphatic heterocycles. The van der Waals surface area contributed by atoms with Crippen LogP contribution in [0.1, 0.15) is 12.5 Å². The molecule has 0 aliphatic carbocycles. The molecule has 19 heavy (non-hydrogen) atoms. The van der Waals surface area contributed by atoms with E-state index < -0.39 is 11.6 Å². The summed E-state index contributed by atoms with van der Waals surface area (Å²) in [6.45, 7) is 1.93. The third-order valence-electron chi connectivity index (χ3n) is 3.06. The summed E-state index contributed by atoms with van der Waals surface area (Å²) in [6.07, 6.45) is 0. The Balaban J connectivity index is 2.20. The van der Waals surface area contributed by atoms with Gasteiger partial charge in [-0.1, -0.05) is 29.8 Å². The molecular formula is C13H15ClN2O3. The number of carbonyl (C=O) groups is 2. The monoisotopic (exact) mass is 282 g/mol. The summed E-state index contributed by atoms with van der Waals surface area (Å²) in [5.41, 5.74) is -0.276. The van der Waals surface area contributed by atoms with Gasteiger partial charge in [0, 0.05) is 12.1 Å². The Morgan fingerprint density at radius 1 is 1.37 bits per heavy atom. The van der Waals surface area contributed by atoms with Crippen LogP contribution >= 0.6 is 11.6 Å². The van der Waals surface area contributed by atoms with Crippen LogP contribution in [0.2, 0.25) is 5.02 Å². The van der Waals surface area contributed by atoms with E-state index >= 15 is 0 Å². The van der Waals surface area contributed by atoms with Gasteiger partial charge in [0.05, 0.1) is 13.2 Å². The molecule has 1 atom stereocenters. The lowest BCUT2D eigenvalue weighted by Gasteiger charge is -2.20. The zero-order valence-electron chi connectivity index (χ0n) is 10.8. The first-order valence-electron chi connectivity index (χ1n) is 5.84. The van der Waals surface area contributed by atoms with E-state index in [9.17, 15) is 9.59 Å². The molecule has 1 saturated heterocycles. The normalized spacial score (nSPS) is 22.8. The lowest BCUT2D eigenvalue weighted by Crippen LogP contribution is -2.47. The molecule has 0 radical (unpaired) electrons. The molecule has 5 nitrogen and oxygen atoms in total. The van der Waals surface area contributed by atoms with E-state index in [0.29, 0.717) is 5.02 Å². The number of halogens is 1. The minimum atomic E-state index is -1.01. The van der Waals surface area contributed by atoms with Gasteiger partial charge in [-0.2, -0.15) is 0 Å². The molecule has 6 heteroatoms. The van der Waals surface area contributed by atoms with Crippen molar-refractivity contribution >= 4 is 23.5 Å².